The van der Waals surface area contributed by atoms with Crippen LogP contribution in [0.5, 0.6) is 0 Å². The number of hydrogen-bond acceptors (Lipinski definition) is 3. The summed E-state index contributed by atoms with van der Waals surface area (Å²) in [7, 11) is 0. The molecule has 1 aromatic carbocycles. The molecule has 1 N–H and O–H groups in total. The molecule has 1 aromatic heterocycles. The molecular weight excluding hydrogens is 218 g/mol. The monoisotopic (exact) mass is 227 g/mol. The van der Waals surface area contributed by atoms with E-state index in [9.17, 15) is 4.79 Å². The van der Waals surface area contributed by atoms with Gasteiger partial charge in [0.1, 0.15) is 0 Å². The number of carbonyl (C=O) groups is 1. The van der Waals surface area contributed by atoms with Gasteiger partial charge in [0, 0.05) is 5.69 Å². The molecule has 0 aliphatic carbocycles. The molecule has 0 bridgehead atoms. The van der Waals surface area contributed by atoms with Gasteiger partial charge >= 0.3 is 5.97 Å². The average molecular weight is 227 g/mol. The summed E-state index contributed by atoms with van der Waals surface area (Å²) < 4.78 is 1.50. The van der Waals surface area contributed by atoms with Crippen LogP contribution in [-0.4, -0.2) is 20.9 Å². The summed E-state index contributed by atoms with van der Waals surface area (Å²) in [5.41, 5.74) is 1.88. The minimum absolute atomic E-state index is 0.00939. The maximum Gasteiger partial charge on any atom is 0.356 e. The summed E-state index contributed by atoms with van der Waals surface area (Å²) in [6, 6.07) is 10.4. The molecule has 0 unspecified atom stereocenters. The highest BCUT2D eigenvalue weighted by Crippen LogP contribution is 2.13. The van der Waals surface area contributed by atoms with Crippen molar-refractivity contribution in [3.8, 4) is 11.8 Å². The number of aryl methyl sites for hydroxylation is 1. The van der Waals surface area contributed by atoms with E-state index in [1.165, 1.54) is 10.7 Å². The molecule has 84 valence electrons. The fourth-order valence-corrected chi connectivity index (χ4v) is 1.55. The van der Waals surface area contributed by atoms with Crippen molar-refractivity contribution in [1.29, 1.82) is 5.26 Å². The van der Waals surface area contributed by atoms with E-state index in [1.54, 1.807) is 31.2 Å². The standard InChI is InChI=1S/C12H9N3O2/c1-8-5-11(12(16)17)14-15(8)10-4-2-3-9(6-10)7-13/h2-6H,1H3,(H,16,17). The van der Waals surface area contributed by atoms with E-state index in [1.807, 2.05) is 6.07 Å². The number of carboxylic acid groups (broad SMARTS) is 1. The Bertz CT molecular complexity index is 623. The van der Waals surface area contributed by atoms with Crippen LogP contribution < -0.4 is 0 Å². The summed E-state index contributed by atoms with van der Waals surface area (Å²) >= 11 is 0. The van der Waals surface area contributed by atoms with Crippen LogP contribution in [-0.2, 0) is 0 Å². The van der Waals surface area contributed by atoms with Crippen LogP contribution in [0.4, 0.5) is 0 Å². The normalized spacial score (nSPS) is 9.88. The van der Waals surface area contributed by atoms with Crippen LogP contribution in [0.1, 0.15) is 21.7 Å². The topological polar surface area (TPSA) is 78.9 Å². The van der Waals surface area contributed by atoms with Crippen LogP contribution in [0.25, 0.3) is 5.69 Å². The Kier molecular flexibility index (Phi) is 2.63. The third-order valence-corrected chi connectivity index (χ3v) is 2.33. The summed E-state index contributed by atoms with van der Waals surface area (Å²) in [4.78, 5) is 10.8. The first-order valence-electron chi connectivity index (χ1n) is 4.92. The van der Waals surface area contributed by atoms with Crippen LogP contribution in [0.2, 0.25) is 0 Å². The van der Waals surface area contributed by atoms with E-state index in [2.05, 4.69) is 5.10 Å². The molecule has 2 rings (SSSR count). The fourth-order valence-electron chi connectivity index (χ4n) is 1.55. The summed E-state index contributed by atoms with van der Waals surface area (Å²) in [6.45, 7) is 1.76. The molecule has 0 atom stereocenters. The highest BCUT2D eigenvalue weighted by atomic mass is 16.4. The number of benzene rings is 1. The van der Waals surface area contributed by atoms with E-state index in [0.717, 1.165) is 0 Å². The zero-order valence-corrected chi connectivity index (χ0v) is 9.08. The molecule has 17 heavy (non-hydrogen) atoms. The summed E-state index contributed by atoms with van der Waals surface area (Å²) in [5, 5.41) is 21.6. The lowest BCUT2D eigenvalue weighted by Gasteiger charge is -2.03. The molecule has 5 nitrogen and oxygen atoms in total. The number of hydrogen-bond donors (Lipinski definition) is 1. The van der Waals surface area contributed by atoms with Gasteiger partial charge in [0.15, 0.2) is 5.69 Å². The van der Waals surface area contributed by atoms with Crippen molar-refractivity contribution in [3.05, 3.63) is 47.3 Å². The number of rotatable bonds is 2. The third-order valence-electron chi connectivity index (χ3n) is 2.33. The largest absolute Gasteiger partial charge is 0.476 e. The number of nitrogens with zero attached hydrogens (tertiary/aromatic N) is 3. The quantitative estimate of drug-likeness (QED) is 0.847. The SMILES string of the molecule is Cc1cc(C(=O)O)nn1-c1cccc(C#N)c1. The Labute approximate surface area is 97.5 Å². The zero-order chi connectivity index (χ0) is 12.4. The van der Waals surface area contributed by atoms with Gasteiger partial charge < -0.3 is 5.11 Å². The Morgan fingerprint density at radius 1 is 1.47 bits per heavy atom. The third kappa shape index (κ3) is 2.01. The van der Waals surface area contributed by atoms with Crippen molar-refractivity contribution in [2.24, 2.45) is 0 Å². The smallest absolute Gasteiger partial charge is 0.356 e. The van der Waals surface area contributed by atoms with E-state index < -0.39 is 5.97 Å². The average Bonchev–Trinajstić information content (AvgIpc) is 2.72. The molecule has 0 fully saturated rings. The van der Waals surface area contributed by atoms with Crippen molar-refractivity contribution in [2.75, 3.05) is 0 Å². The summed E-state index contributed by atoms with van der Waals surface area (Å²) in [6.07, 6.45) is 0. The molecule has 5 heteroatoms. The van der Waals surface area contributed by atoms with Gasteiger partial charge in [0.25, 0.3) is 0 Å². The van der Waals surface area contributed by atoms with E-state index in [0.29, 0.717) is 16.9 Å². The van der Waals surface area contributed by atoms with E-state index >= 15 is 0 Å². The predicted octanol–water partition coefficient (Wildman–Crippen LogP) is 1.75. The molecule has 2 aromatic rings. The Balaban J connectivity index is 2.53. The zero-order valence-electron chi connectivity index (χ0n) is 9.08. The van der Waals surface area contributed by atoms with Gasteiger partial charge in [-0.2, -0.15) is 10.4 Å². The molecule has 0 saturated carbocycles. The minimum atomic E-state index is -1.07. The maximum atomic E-state index is 10.8. The molecule has 0 saturated heterocycles. The van der Waals surface area contributed by atoms with Crippen molar-refractivity contribution in [3.63, 3.8) is 0 Å². The first kappa shape index (κ1) is 10.9. The van der Waals surface area contributed by atoms with E-state index in [-0.39, 0.29) is 5.69 Å². The van der Waals surface area contributed by atoms with Gasteiger partial charge in [0.05, 0.1) is 17.3 Å². The fraction of sp³-hybridized carbons (Fsp3) is 0.0833. The highest BCUT2D eigenvalue weighted by molar-refractivity contribution is 5.85. The molecule has 0 spiro atoms. The first-order valence-corrected chi connectivity index (χ1v) is 4.92. The number of carboxylic acids is 1. The Morgan fingerprint density at radius 3 is 2.82 bits per heavy atom. The van der Waals surface area contributed by atoms with Gasteiger partial charge in [-0.1, -0.05) is 6.07 Å². The maximum absolute atomic E-state index is 10.8. The van der Waals surface area contributed by atoms with Crippen LogP contribution in [0.3, 0.4) is 0 Å². The van der Waals surface area contributed by atoms with E-state index in [4.69, 9.17) is 10.4 Å². The molecule has 1 heterocycles. The van der Waals surface area contributed by atoms with Crippen molar-refractivity contribution < 1.29 is 9.90 Å². The van der Waals surface area contributed by atoms with Crippen molar-refractivity contribution >= 4 is 5.97 Å². The van der Waals surface area contributed by atoms with Gasteiger partial charge in [-0.15, -0.1) is 0 Å². The molecule has 0 aliphatic heterocycles. The molecule has 0 aliphatic rings. The van der Waals surface area contributed by atoms with Crippen LogP contribution in [0.15, 0.2) is 30.3 Å². The Hall–Kier alpha value is -2.61. The predicted molar refractivity (Wildman–Crippen MR) is 60.0 cm³/mol. The molecule has 0 amide bonds. The second kappa shape index (κ2) is 4.10. The number of aromatic nitrogens is 2. The van der Waals surface area contributed by atoms with Gasteiger partial charge in [-0.3, -0.25) is 0 Å². The lowest BCUT2D eigenvalue weighted by molar-refractivity contribution is 0.0690. The van der Waals surface area contributed by atoms with Crippen LogP contribution in [0, 0.1) is 18.3 Å². The van der Waals surface area contributed by atoms with Crippen molar-refractivity contribution in [2.45, 2.75) is 6.92 Å². The van der Waals surface area contributed by atoms with Gasteiger partial charge in [0.2, 0.25) is 0 Å². The van der Waals surface area contributed by atoms with Crippen molar-refractivity contribution in [1.82, 2.24) is 9.78 Å². The lowest BCUT2D eigenvalue weighted by Crippen LogP contribution is -2.02. The lowest BCUT2D eigenvalue weighted by atomic mass is 10.2. The Morgan fingerprint density at radius 2 is 2.24 bits per heavy atom. The van der Waals surface area contributed by atoms with Gasteiger partial charge in [-0.25, -0.2) is 9.48 Å². The minimum Gasteiger partial charge on any atom is -0.476 e. The second-order valence-corrected chi connectivity index (χ2v) is 3.55. The highest BCUT2D eigenvalue weighted by Gasteiger charge is 2.11. The summed E-state index contributed by atoms with van der Waals surface area (Å²) in [5.74, 6) is -1.07. The number of nitriles is 1. The van der Waals surface area contributed by atoms with Gasteiger partial charge in [-0.05, 0) is 31.2 Å². The van der Waals surface area contributed by atoms with Crippen LogP contribution >= 0.6 is 0 Å². The number of aromatic carboxylic acids is 1. The first-order chi connectivity index (χ1) is 8.11. The molecular formula is C12H9N3O2. The molecule has 0 radical (unpaired) electrons. The second-order valence-electron chi connectivity index (χ2n) is 3.55.